The summed E-state index contributed by atoms with van der Waals surface area (Å²) in [6.45, 7) is 0. The molecule has 0 aliphatic heterocycles. The molecule has 8 heteroatoms. The lowest BCUT2D eigenvalue weighted by Crippen LogP contribution is -2.13. The van der Waals surface area contributed by atoms with Crippen molar-refractivity contribution < 1.29 is 9.72 Å². The lowest BCUT2D eigenvalue weighted by molar-refractivity contribution is -0.385. The summed E-state index contributed by atoms with van der Waals surface area (Å²) in [6, 6.07) is 8.30. The summed E-state index contributed by atoms with van der Waals surface area (Å²) >= 11 is 17.3. The van der Waals surface area contributed by atoms with E-state index >= 15 is 0 Å². The van der Waals surface area contributed by atoms with E-state index in [9.17, 15) is 14.9 Å². The zero-order chi connectivity index (χ0) is 15.6. The van der Waals surface area contributed by atoms with Crippen LogP contribution in [0.5, 0.6) is 0 Å². The third kappa shape index (κ3) is 3.64. The molecule has 0 saturated carbocycles. The normalized spacial score (nSPS) is 10.2. The van der Waals surface area contributed by atoms with Crippen LogP contribution in [0.4, 0.5) is 11.4 Å². The van der Waals surface area contributed by atoms with Crippen LogP contribution in [0.25, 0.3) is 0 Å². The molecule has 0 spiro atoms. The largest absolute Gasteiger partial charge is 0.322 e. The summed E-state index contributed by atoms with van der Waals surface area (Å²) in [5, 5.41) is 14.2. The van der Waals surface area contributed by atoms with Crippen LogP contribution in [-0.2, 0) is 0 Å². The van der Waals surface area contributed by atoms with Gasteiger partial charge in [-0.2, -0.15) is 0 Å². The van der Waals surface area contributed by atoms with Gasteiger partial charge < -0.3 is 5.32 Å². The number of carbonyl (C=O) groups excluding carboxylic acids is 1. The van der Waals surface area contributed by atoms with Gasteiger partial charge >= 0.3 is 0 Å². The van der Waals surface area contributed by atoms with Crippen molar-refractivity contribution in [3.63, 3.8) is 0 Å². The minimum absolute atomic E-state index is 0.101. The van der Waals surface area contributed by atoms with Gasteiger partial charge in [0.25, 0.3) is 11.6 Å². The van der Waals surface area contributed by atoms with Gasteiger partial charge in [0.1, 0.15) is 5.56 Å². The molecule has 0 aromatic heterocycles. The van der Waals surface area contributed by atoms with Gasteiger partial charge in [0.2, 0.25) is 0 Å². The number of hydrogen-bond donors (Lipinski definition) is 1. The van der Waals surface area contributed by atoms with Crippen molar-refractivity contribution in [1.29, 1.82) is 0 Å². The Morgan fingerprint density at radius 3 is 2.38 bits per heavy atom. The van der Waals surface area contributed by atoms with Gasteiger partial charge in [0.15, 0.2) is 0 Å². The van der Waals surface area contributed by atoms with Crippen molar-refractivity contribution in [3.05, 3.63) is 67.1 Å². The summed E-state index contributed by atoms with van der Waals surface area (Å²) in [6.07, 6.45) is 0. The molecule has 1 N–H and O–H groups in total. The molecule has 0 atom stereocenters. The smallest absolute Gasteiger partial charge is 0.283 e. The van der Waals surface area contributed by atoms with Crippen LogP contribution in [0.3, 0.4) is 0 Å². The molecule has 0 radical (unpaired) electrons. The number of anilines is 1. The Bertz CT molecular complexity index is 735. The Morgan fingerprint density at radius 1 is 1.05 bits per heavy atom. The first-order valence-corrected chi connectivity index (χ1v) is 6.72. The number of benzene rings is 2. The van der Waals surface area contributed by atoms with E-state index in [1.807, 2.05) is 0 Å². The number of amides is 1. The maximum Gasteiger partial charge on any atom is 0.283 e. The third-order valence-corrected chi connectivity index (χ3v) is 3.55. The molecule has 2 aromatic carbocycles. The molecular weight excluding hydrogens is 339 g/mol. The number of rotatable bonds is 3. The summed E-state index contributed by atoms with van der Waals surface area (Å²) in [7, 11) is 0. The fraction of sp³-hybridized carbons (Fsp3) is 0. The lowest BCUT2D eigenvalue weighted by Gasteiger charge is -2.07. The lowest BCUT2D eigenvalue weighted by atomic mass is 10.1. The topological polar surface area (TPSA) is 72.2 Å². The summed E-state index contributed by atoms with van der Waals surface area (Å²) in [5.41, 5.74) is -0.103. The van der Waals surface area contributed by atoms with Crippen molar-refractivity contribution in [3.8, 4) is 0 Å². The summed E-state index contributed by atoms with van der Waals surface area (Å²) in [5.74, 6) is -0.642. The fourth-order valence-electron chi connectivity index (χ4n) is 1.62. The van der Waals surface area contributed by atoms with Gasteiger partial charge in [0, 0.05) is 16.8 Å². The van der Waals surface area contributed by atoms with Crippen LogP contribution < -0.4 is 5.32 Å². The Kier molecular flexibility index (Phi) is 4.67. The second kappa shape index (κ2) is 6.30. The van der Waals surface area contributed by atoms with E-state index in [2.05, 4.69) is 5.32 Å². The molecule has 0 aliphatic carbocycles. The first-order valence-electron chi connectivity index (χ1n) is 5.59. The van der Waals surface area contributed by atoms with E-state index < -0.39 is 10.8 Å². The van der Waals surface area contributed by atoms with Crippen molar-refractivity contribution >= 4 is 52.1 Å². The van der Waals surface area contributed by atoms with Crippen LogP contribution in [0.1, 0.15) is 10.4 Å². The SMILES string of the molecule is O=C(Nc1ccc(Cl)c(Cl)c1)c1ccc(Cl)cc1[N+](=O)[O-]. The monoisotopic (exact) mass is 344 g/mol. The Morgan fingerprint density at radius 2 is 1.76 bits per heavy atom. The average Bonchev–Trinajstić information content (AvgIpc) is 2.42. The number of carbonyl (C=O) groups is 1. The third-order valence-electron chi connectivity index (χ3n) is 2.58. The summed E-state index contributed by atoms with van der Waals surface area (Å²) < 4.78 is 0. The highest BCUT2D eigenvalue weighted by Gasteiger charge is 2.20. The van der Waals surface area contributed by atoms with Gasteiger partial charge in [-0.15, -0.1) is 0 Å². The molecule has 0 bridgehead atoms. The van der Waals surface area contributed by atoms with Gasteiger partial charge in [-0.25, -0.2) is 0 Å². The molecule has 0 heterocycles. The number of nitro groups is 1. The molecule has 0 aliphatic rings. The maximum absolute atomic E-state index is 12.1. The van der Waals surface area contributed by atoms with Gasteiger partial charge in [0.05, 0.1) is 15.0 Å². The molecule has 21 heavy (non-hydrogen) atoms. The first kappa shape index (κ1) is 15.6. The molecule has 2 aromatic rings. The predicted octanol–water partition coefficient (Wildman–Crippen LogP) is 4.81. The van der Waals surface area contributed by atoms with Crippen LogP contribution in [0.15, 0.2) is 36.4 Å². The van der Waals surface area contributed by atoms with Gasteiger partial charge in [-0.05, 0) is 30.3 Å². The highest BCUT2D eigenvalue weighted by molar-refractivity contribution is 6.42. The zero-order valence-electron chi connectivity index (χ0n) is 10.3. The molecule has 0 unspecified atom stereocenters. The van der Waals surface area contributed by atoms with Crippen molar-refractivity contribution in [1.82, 2.24) is 0 Å². The number of nitrogens with zero attached hydrogens (tertiary/aromatic N) is 1. The van der Waals surface area contributed by atoms with E-state index in [-0.39, 0.29) is 21.3 Å². The second-order valence-electron chi connectivity index (χ2n) is 4.00. The molecule has 108 valence electrons. The molecule has 5 nitrogen and oxygen atoms in total. The second-order valence-corrected chi connectivity index (χ2v) is 5.25. The van der Waals surface area contributed by atoms with Crippen LogP contribution >= 0.6 is 34.8 Å². The number of hydrogen-bond acceptors (Lipinski definition) is 3. The standard InChI is InChI=1S/C13H7Cl3N2O3/c14-7-1-3-9(12(5-7)18(20)21)13(19)17-8-2-4-10(15)11(16)6-8/h1-6H,(H,17,19). The van der Waals surface area contributed by atoms with E-state index in [4.69, 9.17) is 34.8 Å². The maximum atomic E-state index is 12.1. The van der Waals surface area contributed by atoms with E-state index in [1.54, 1.807) is 0 Å². The minimum Gasteiger partial charge on any atom is -0.322 e. The first-order chi connectivity index (χ1) is 9.88. The Labute approximate surface area is 134 Å². The quantitative estimate of drug-likeness (QED) is 0.641. The van der Waals surface area contributed by atoms with Crippen molar-refractivity contribution in [2.45, 2.75) is 0 Å². The molecular formula is C13H7Cl3N2O3. The van der Waals surface area contributed by atoms with E-state index in [1.165, 1.54) is 30.3 Å². The Hall–Kier alpha value is -1.82. The molecule has 1 amide bonds. The average molecular weight is 346 g/mol. The highest BCUT2D eigenvalue weighted by atomic mass is 35.5. The molecule has 0 fully saturated rings. The van der Waals surface area contributed by atoms with Crippen LogP contribution in [0, 0.1) is 10.1 Å². The minimum atomic E-state index is -0.671. The van der Waals surface area contributed by atoms with Crippen LogP contribution in [0.2, 0.25) is 15.1 Å². The van der Waals surface area contributed by atoms with Crippen LogP contribution in [-0.4, -0.2) is 10.8 Å². The number of nitro benzene ring substituents is 1. The predicted molar refractivity (Wildman–Crippen MR) is 82.5 cm³/mol. The van der Waals surface area contributed by atoms with Gasteiger partial charge in [-0.3, -0.25) is 14.9 Å². The Balaban J connectivity index is 2.32. The number of halogens is 3. The van der Waals surface area contributed by atoms with E-state index in [0.717, 1.165) is 6.07 Å². The van der Waals surface area contributed by atoms with Crippen molar-refractivity contribution in [2.75, 3.05) is 5.32 Å². The van der Waals surface area contributed by atoms with E-state index in [0.29, 0.717) is 10.7 Å². The molecule has 2 rings (SSSR count). The number of nitrogens with one attached hydrogen (secondary N) is 1. The van der Waals surface area contributed by atoms with Crippen molar-refractivity contribution in [2.24, 2.45) is 0 Å². The molecule has 0 saturated heterocycles. The fourth-order valence-corrected chi connectivity index (χ4v) is 2.08. The van der Waals surface area contributed by atoms with Gasteiger partial charge in [-0.1, -0.05) is 34.8 Å². The zero-order valence-corrected chi connectivity index (χ0v) is 12.5. The summed E-state index contributed by atoms with van der Waals surface area (Å²) in [4.78, 5) is 22.4. The highest BCUT2D eigenvalue weighted by Crippen LogP contribution is 2.27.